The Labute approximate surface area is 112 Å². The lowest BCUT2D eigenvalue weighted by atomic mass is 10.2. The summed E-state index contributed by atoms with van der Waals surface area (Å²) in [5.41, 5.74) is 0. The molecule has 1 aliphatic heterocycles. The molecule has 0 aliphatic carbocycles. The molecule has 1 atom stereocenters. The van der Waals surface area contributed by atoms with E-state index in [4.69, 9.17) is 9.47 Å². The van der Waals surface area contributed by atoms with Crippen molar-refractivity contribution < 1.29 is 19.1 Å². The predicted molar refractivity (Wildman–Crippen MR) is 69.3 cm³/mol. The minimum absolute atomic E-state index is 0.0688. The molecule has 1 heterocycles. The van der Waals surface area contributed by atoms with Crippen LogP contribution in [0, 0.1) is 0 Å². The quantitative estimate of drug-likeness (QED) is 0.767. The van der Waals surface area contributed by atoms with Crippen molar-refractivity contribution in [2.75, 3.05) is 20.2 Å². The van der Waals surface area contributed by atoms with Gasteiger partial charge in [-0.1, -0.05) is 12.1 Å². The van der Waals surface area contributed by atoms with Crippen molar-refractivity contribution in [3.63, 3.8) is 0 Å². The third-order valence-corrected chi connectivity index (χ3v) is 2.87. The molecular weight excluding hydrogens is 246 g/mol. The average molecular weight is 263 g/mol. The minimum atomic E-state index is -0.212. The zero-order valence-corrected chi connectivity index (χ0v) is 11.1. The molecule has 19 heavy (non-hydrogen) atoms. The molecule has 5 heteroatoms. The number of fused-ring (bicyclic) bond motifs is 1. The maximum atomic E-state index is 11.7. The smallest absolute Gasteiger partial charge is 0.229 e. The average Bonchev–Trinajstić information content (AvgIpc) is 2.37. The lowest BCUT2D eigenvalue weighted by Crippen LogP contribution is -2.42. The highest BCUT2D eigenvalue weighted by atomic mass is 16.6. The molecule has 1 amide bonds. The maximum Gasteiger partial charge on any atom is 0.229 e. The largest absolute Gasteiger partial charge is 0.486 e. The SMILES string of the molecule is CC(=O)CC(=O)N(C)CC1COc2ccccc2O1. The number of nitrogens with zero attached hydrogens (tertiary/aromatic N) is 1. The van der Waals surface area contributed by atoms with Crippen LogP contribution in [0.2, 0.25) is 0 Å². The standard InChI is InChI=1S/C14H17NO4/c1-10(16)7-14(17)15(2)8-11-9-18-12-5-3-4-6-13(12)19-11/h3-6,11H,7-9H2,1-2H3. The number of hydrogen-bond acceptors (Lipinski definition) is 4. The van der Waals surface area contributed by atoms with Gasteiger partial charge in [0.25, 0.3) is 0 Å². The van der Waals surface area contributed by atoms with Crippen molar-refractivity contribution in [1.82, 2.24) is 4.90 Å². The molecule has 0 saturated carbocycles. The van der Waals surface area contributed by atoms with Gasteiger partial charge in [0.15, 0.2) is 17.6 Å². The summed E-state index contributed by atoms with van der Waals surface area (Å²) in [4.78, 5) is 24.1. The number of rotatable bonds is 4. The van der Waals surface area contributed by atoms with E-state index < -0.39 is 0 Å². The highest BCUT2D eigenvalue weighted by Crippen LogP contribution is 2.30. The molecule has 0 saturated heterocycles. The van der Waals surface area contributed by atoms with Gasteiger partial charge in [-0.2, -0.15) is 0 Å². The summed E-state index contributed by atoms with van der Waals surface area (Å²) in [7, 11) is 1.66. The first kappa shape index (κ1) is 13.4. The molecule has 5 nitrogen and oxygen atoms in total. The predicted octanol–water partition coefficient (Wildman–Crippen LogP) is 1.26. The summed E-state index contributed by atoms with van der Waals surface area (Å²) in [6.07, 6.45) is -0.281. The van der Waals surface area contributed by atoms with Gasteiger partial charge in [-0.15, -0.1) is 0 Å². The Hall–Kier alpha value is -2.04. The zero-order valence-electron chi connectivity index (χ0n) is 11.1. The summed E-state index contributed by atoms with van der Waals surface area (Å²) in [6.45, 7) is 2.21. The summed E-state index contributed by atoms with van der Waals surface area (Å²) in [5, 5.41) is 0. The molecule has 1 aromatic rings. The zero-order chi connectivity index (χ0) is 13.8. The van der Waals surface area contributed by atoms with Crippen LogP contribution in [-0.4, -0.2) is 42.9 Å². The van der Waals surface area contributed by atoms with Gasteiger partial charge >= 0.3 is 0 Å². The number of hydrogen-bond donors (Lipinski definition) is 0. The van der Waals surface area contributed by atoms with Crippen molar-refractivity contribution in [1.29, 1.82) is 0 Å². The summed E-state index contributed by atoms with van der Waals surface area (Å²) in [6, 6.07) is 7.43. The molecule has 0 spiro atoms. The minimum Gasteiger partial charge on any atom is -0.486 e. The number of likely N-dealkylation sites (N-methyl/N-ethyl adjacent to an activating group) is 1. The lowest BCUT2D eigenvalue weighted by Gasteiger charge is -2.29. The van der Waals surface area contributed by atoms with Crippen molar-refractivity contribution in [2.45, 2.75) is 19.4 Å². The van der Waals surface area contributed by atoms with Crippen molar-refractivity contribution in [3.05, 3.63) is 24.3 Å². The van der Waals surface area contributed by atoms with Gasteiger partial charge in [0.2, 0.25) is 5.91 Å². The molecule has 2 rings (SSSR count). The number of carbonyl (C=O) groups excluding carboxylic acids is 2. The molecular formula is C14H17NO4. The molecule has 1 unspecified atom stereocenters. The Morgan fingerprint density at radius 1 is 1.32 bits per heavy atom. The van der Waals surface area contributed by atoms with Gasteiger partial charge in [-0.3, -0.25) is 9.59 Å². The summed E-state index contributed by atoms with van der Waals surface area (Å²) in [5.74, 6) is 1.07. The maximum absolute atomic E-state index is 11.7. The molecule has 0 radical (unpaired) electrons. The molecule has 0 aromatic heterocycles. The molecule has 1 aliphatic rings. The highest BCUT2D eigenvalue weighted by molar-refractivity contribution is 5.96. The molecule has 0 N–H and O–H groups in total. The second kappa shape index (κ2) is 5.73. The Balaban J connectivity index is 1.91. The van der Waals surface area contributed by atoms with E-state index in [1.54, 1.807) is 7.05 Å². The topological polar surface area (TPSA) is 55.8 Å². The van der Waals surface area contributed by atoms with E-state index >= 15 is 0 Å². The lowest BCUT2D eigenvalue weighted by molar-refractivity contribution is -0.134. The van der Waals surface area contributed by atoms with Gasteiger partial charge in [0.1, 0.15) is 12.4 Å². The third kappa shape index (κ3) is 3.47. The number of carbonyl (C=O) groups is 2. The second-order valence-electron chi connectivity index (χ2n) is 4.65. The van der Waals surface area contributed by atoms with E-state index in [1.807, 2.05) is 24.3 Å². The van der Waals surface area contributed by atoms with E-state index in [-0.39, 0.29) is 24.2 Å². The van der Waals surface area contributed by atoms with Crippen molar-refractivity contribution in [3.8, 4) is 11.5 Å². The van der Waals surface area contributed by atoms with Gasteiger partial charge in [-0.25, -0.2) is 0 Å². The van der Waals surface area contributed by atoms with Crippen LogP contribution in [0.5, 0.6) is 11.5 Å². The van der Waals surface area contributed by atoms with Gasteiger partial charge in [0, 0.05) is 7.05 Å². The number of benzene rings is 1. The molecule has 102 valence electrons. The van der Waals surface area contributed by atoms with Gasteiger partial charge < -0.3 is 14.4 Å². The molecule has 0 bridgehead atoms. The number of ether oxygens (including phenoxy) is 2. The van der Waals surface area contributed by atoms with E-state index in [2.05, 4.69) is 0 Å². The Bertz CT molecular complexity index is 486. The van der Waals surface area contributed by atoms with Crippen molar-refractivity contribution in [2.24, 2.45) is 0 Å². The van der Waals surface area contributed by atoms with E-state index in [0.717, 1.165) is 5.75 Å². The van der Waals surface area contributed by atoms with Crippen LogP contribution < -0.4 is 9.47 Å². The number of para-hydroxylation sites is 2. The van der Waals surface area contributed by atoms with E-state index in [1.165, 1.54) is 11.8 Å². The van der Waals surface area contributed by atoms with Crippen molar-refractivity contribution >= 4 is 11.7 Å². The second-order valence-corrected chi connectivity index (χ2v) is 4.65. The first-order valence-corrected chi connectivity index (χ1v) is 6.18. The Morgan fingerprint density at radius 3 is 2.68 bits per heavy atom. The van der Waals surface area contributed by atoms with Crippen LogP contribution in [0.4, 0.5) is 0 Å². The Morgan fingerprint density at radius 2 is 2.00 bits per heavy atom. The van der Waals surface area contributed by atoms with Crippen LogP contribution in [0.1, 0.15) is 13.3 Å². The molecule has 0 fully saturated rings. The monoisotopic (exact) mass is 263 g/mol. The van der Waals surface area contributed by atoms with Crippen LogP contribution in [-0.2, 0) is 9.59 Å². The molecule has 1 aromatic carbocycles. The summed E-state index contributed by atoms with van der Waals surface area (Å²) >= 11 is 0. The summed E-state index contributed by atoms with van der Waals surface area (Å²) < 4.78 is 11.3. The van der Waals surface area contributed by atoms with Crippen LogP contribution in [0.25, 0.3) is 0 Å². The van der Waals surface area contributed by atoms with Gasteiger partial charge in [-0.05, 0) is 19.1 Å². The first-order valence-electron chi connectivity index (χ1n) is 6.18. The van der Waals surface area contributed by atoms with Crippen LogP contribution >= 0.6 is 0 Å². The number of Topliss-reactive ketones (excluding diaryl/α,β-unsaturated/α-hetero) is 1. The fourth-order valence-corrected chi connectivity index (χ4v) is 1.91. The highest BCUT2D eigenvalue weighted by Gasteiger charge is 2.23. The van der Waals surface area contributed by atoms with Crippen LogP contribution in [0.3, 0.4) is 0 Å². The van der Waals surface area contributed by atoms with Crippen LogP contribution in [0.15, 0.2) is 24.3 Å². The number of ketones is 1. The first-order chi connectivity index (χ1) is 9.06. The van der Waals surface area contributed by atoms with E-state index in [0.29, 0.717) is 18.9 Å². The normalized spacial score (nSPS) is 16.8. The Kier molecular flexibility index (Phi) is 4.04. The fraction of sp³-hybridized carbons (Fsp3) is 0.429. The third-order valence-electron chi connectivity index (χ3n) is 2.87. The van der Waals surface area contributed by atoms with Gasteiger partial charge in [0.05, 0.1) is 13.0 Å². The fourth-order valence-electron chi connectivity index (χ4n) is 1.91. The van der Waals surface area contributed by atoms with E-state index in [9.17, 15) is 9.59 Å². The number of amides is 1.